The summed E-state index contributed by atoms with van der Waals surface area (Å²) in [7, 11) is 0. The number of fused-ring (bicyclic) bond motifs is 1. The Kier molecular flexibility index (Phi) is 2.65. The largest absolute Gasteiger partial charge is 0.511 e. The molecular formula is C13H18N2O2. The summed E-state index contributed by atoms with van der Waals surface area (Å²) in [5.74, 6) is 0.925. The van der Waals surface area contributed by atoms with E-state index >= 15 is 0 Å². The van der Waals surface area contributed by atoms with Crippen LogP contribution in [0.5, 0.6) is 0 Å². The van der Waals surface area contributed by atoms with Gasteiger partial charge in [-0.1, -0.05) is 12.8 Å². The Morgan fingerprint density at radius 2 is 2.00 bits per heavy atom. The van der Waals surface area contributed by atoms with Gasteiger partial charge >= 0.3 is 0 Å². The van der Waals surface area contributed by atoms with E-state index in [1.54, 1.807) is 0 Å². The second kappa shape index (κ2) is 4.17. The highest BCUT2D eigenvalue weighted by Gasteiger charge is 2.35. The lowest BCUT2D eigenvalue weighted by atomic mass is 9.92. The van der Waals surface area contributed by atoms with Gasteiger partial charge in [-0.3, -0.25) is 9.79 Å². The van der Waals surface area contributed by atoms with Gasteiger partial charge in [0.05, 0.1) is 11.6 Å². The first kappa shape index (κ1) is 10.8. The first-order valence-corrected chi connectivity index (χ1v) is 6.56. The Hall–Kier alpha value is -1.32. The van der Waals surface area contributed by atoms with Crippen molar-refractivity contribution in [3.8, 4) is 0 Å². The summed E-state index contributed by atoms with van der Waals surface area (Å²) in [6, 6.07) is 0.697. The Morgan fingerprint density at radius 1 is 1.18 bits per heavy atom. The molecule has 3 rings (SSSR count). The Balaban J connectivity index is 1.87. The molecule has 2 N–H and O–H groups in total. The number of rotatable bonds is 1. The van der Waals surface area contributed by atoms with Crippen LogP contribution in [-0.4, -0.2) is 28.8 Å². The van der Waals surface area contributed by atoms with Crippen LogP contribution in [0.3, 0.4) is 0 Å². The second-order valence-corrected chi connectivity index (χ2v) is 5.18. The van der Waals surface area contributed by atoms with E-state index in [4.69, 9.17) is 0 Å². The van der Waals surface area contributed by atoms with Crippen LogP contribution < -0.4 is 5.32 Å². The number of hydrogen-bond acceptors (Lipinski definition) is 4. The molecule has 4 heteroatoms. The number of aliphatic imine (C=N–C) groups is 1. The quantitative estimate of drug-likeness (QED) is 0.728. The molecule has 0 aromatic heterocycles. The van der Waals surface area contributed by atoms with Crippen molar-refractivity contribution >= 4 is 11.6 Å². The van der Waals surface area contributed by atoms with Crippen molar-refractivity contribution in [3.63, 3.8) is 0 Å². The van der Waals surface area contributed by atoms with Crippen molar-refractivity contribution < 1.29 is 9.90 Å². The van der Waals surface area contributed by atoms with Crippen LogP contribution in [0, 0.1) is 0 Å². The maximum Gasteiger partial charge on any atom is 0.169 e. The molecule has 0 aromatic rings. The molecule has 0 radical (unpaired) electrons. The summed E-state index contributed by atoms with van der Waals surface area (Å²) in [4.78, 5) is 16.5. The highest BCUT2D eigenvalue weighted by atomic mass is 16.3. The van der Waals surface area contributed by atoms with Gasteiger partial charge in [0.1, 0.15) is 11.6 Å². The second-order valence-electron chi connectivity index (χ2n) is 5.18. The summed E-state index contributed by atoms with van der Waals surface area (Å²) < 4.78 is 0. The topological polar surface area (TPSA) is 61.7 Å². The standard InChI is InChI=1S/C13H18N2O2/c16-10-6-3-7-11(17)12(10)13-14-8-4-1-2-5-9(8)15-13/h8-9,16H,1-7H2,(H,14,15)/t8-,9-/m1/s1. The predicted octanol–water partition coefficient (Wildman–Crippen LogP) is 1.86. The number of hydrogen-bond donors (Lipinski definition) is 2. The molecule has 17 heavy (non-hydrogen) atoms. The molecule has 0 amide bonds. The van der Waals surface area contributed by atoms with Gasteiger partial charge < -0.3 is 10.4 Å². The van der Waals surface area contributed by atoms with Gasteiger partial charge in [-0.15, -0.1) is 0 Å². The number of aliphatic hydroxyl groups is 1. The van der Waals surface area contributed by atoms with Crippen LogP contribution >= 0.6 is 0 Å². The average molecular weight is 234 g/mol. The molecule has 1 fully saturated rings. The van der Waals surface area contributed by atoms with Crippen LogP contribution in [0.2, 0.25) is 0 Å². The molecular weight excluding hydrogens is 216 g/mol. The minimum atomic E-state index is 0.0404. The number of amidine groups is 1. The van der Waals surface area contributed by atoms with Crippen molar-refractivity contribution in [2.24, 2.45) is 4.99 Å². The summed E-state index contributed by atoms with van der Waals surface area (Å²) in [6.45, 7) is 0. The zero-order chi connectivity index (χ0) is 11.8. The first-order valence-electron chi connectivity index (χ1n) is 6.56. The lowest BCUT2D eigenvalue weighted by Crippen LogP contribution is -2.38. The zero-order valence-corrected chi connectivity index (χ0v) is 9.91. The summed E-state index contributed by atoms with van der Waals surface area (Å²) in [5, 5.41) is 13.2. The molecule has 4 nitrogen and oxygen atoms in total. The van der Waals surface area contributed by atoms with Crippen molar-refractivity contribution in [2.45, 2.75) is 57.0 Å². The fourth-order valence-electron chi connectivity index (χ4n) is 3.05. The molecule has 0 spiro atoms. The fourth-order valence-corrected chi connectivity index (χ4v) is 3.05. The van der Waals surface area contributed by atoms with Crippen LogP contribution in [0.25, 0.3) is 0 Å². The number of nitrogens with zero attached hydrogens (tertiary/aromatic N) is 1. The van der Waals surface area contributed by atoms with E-state index in [0.717, 1.165) is 19.3 Å². The number of Topliss-reactive ketones (excluding diaryl/α,β-unsaturated/α-hetero) is 1. The van der Waals surface area contributed by atoms with E-state index in [9.17, 15) is 9.90 Å². The van der Waals surface area contributed by atoms with E-state index in [1.165, 1.54) is 12.8 Å². The average Bonchev–Trinajstić information content (AvgIpc) is 2.71. The van der Waals surface area contributed by atoms with Crippen LogP contribution in [0.15, 0.2) is 16.3 Å². The minimum absolute atomic E-state index is 0.0404. The molecule has 0 unspecified atom stereocenters. The normalized spacial score (nSPS) is 33.2. The van der Waals surface area contributed by atoms with Gasteiger partial charge in [0, 0.05) is 18.9 Å². The van der Waals surface area contributed by atoms with Gasteiger partial charge in [-0.25, -0.2) is 0 Å². The summed E-state index contributed by atoms with van der Waals surface area (Å²) in [6.07, 6.45) is 6.58. The maximum atomic E-state index is 11.9. The Bertz CT molecular complexity index is 412. The monoisotopic (exact) mass is 234 g/mol. The maximum absolute atomic E-state index is 11.9. The third-order valence-corrected chi connectivity index (χ3v) is 3.97. The third-order valence-electron chi connectivity index (χ3n) is 3.97. The number of allylic oxidation sites excluding steroid dienone is 1. The number of aliphatic hydroxyl groups excluding tert-OH is 1. The van der Waals surface area contributed by atoms with Crippen LogP contribution in [0.4, 0.5) is 0 Å². The Morgan fingerprint density at radius 3 is 2.76 bits per heavy atom. The predicted molar refractivity (Wildman–Crippen MR) is 65.1 cm³/mol. The molecule has 0 aromatic carbocycles. The highest BCUT2D eigenvalue weighted by Crippen LogP contribution is 2.29. The van der Waals surface area contributed by atoms with E-state index in [1.807, 2.05) is 0 Å². The van der Waals surface area contributed by atoms with Crippen molar-refractivity contribution in [1.29, 1.82) is 0 Å². The van der Waals surface area contributed by atoms with Crippen molar-refractivity contribution in [3.05, 3.63) is 11.3 Å². The number of ketones is 1. The van der Waals surface area contributed by atoms with E-state index < -0.39 is 0 Å². The molecule has 1 aliphatic heterocycles. The minimum Gasteiger partial charge on any atom is -0.511 e. The molecule has 0 saturated heterocycles. The van der Waals surface area contributed by atoms with Crippen LogP contribution in [0.1, 0.15) is 44.9 Å². The number of carbonyl (C=O) groups excluding carboxylic acids is 1. The van der Waals surface area contributed by atoms with E-state index in [2.05, 4.69) is 10.3 Å². The number of nitrogens with one attached hydrogen (secondary N) is 1. The van der Waals surface area contributed by atoms with Crippen LogP contribution in [-0.2, 0) is 4.79 Å². The zero-order valence-electron chi connectivity index (χ0n) is 9.91. The lowest BCUT2D eigenvalue weighted by Gasteiger charge is -2.23. The summed E-state index contributed by atoms with van der Waals surface area (Å²) in [5.41, 5.74) is 0.464. The van der Waals surface area contributed by atoms with Gasteiger partial charge in [0.15, 0.2) is 5.78 Å². The molecule has 3 aliphatic rings. The molecule has 2 aliphatic carbocycles. The molecule has 2 atom stereocenters. The van der Waals surface area contributed by atoms with Gasteiger partial charge in [0.25, 0.3) is 0 Å². The van der Waals surface area contributed by atoms with Gasteiger partial charge in [-0.2, -0.15) is 0 Å². The molecule has 0 bridgehead atoms. The van der Waals surface area contributed by atoms with Gasteiger partial charge in [-0.05, 0) is 19.3 Å². The highest BCUT2D eigenvalue weighted by molar-refractivity contribution is 6.22. The van der Waals surface area contributed by atoms with Crippen molar-refractivity contribution in [1.82, 2.24) is 5.32 Å². The van der Waals surface area contributed by atoms with Gasteiger partial charge in [0.2, 0.25) is 0 Å². The molecule has 1 saturated carbocycles. The summed E-state index contributed by atoms with van der Waals surface area (Å²) >= 11 is 0. The third kappa shape index (κ3) is 1.85. The lowest BCUT2D eigenvalue weighted by molar-refractivity contribution is -0.115. The fraction of sp³-hybridized carbons (Fsp3) is 0.692. The first-order chi connectivity index (χ1) is 8.25. The molecule has 92 valence electrons. The smallest absolute Gasteiger partial charge is 0.169 e. The van der Waals surface area contributed by atoms with Crippen molar-refractivity contribution in [2.75, 3.05) is 0 Å². The van der Waals surface area contributed by atoms with E-state index in [0.29, 0.717) is 36.3 Å². The van der Waals surface area contributed by atoms with E-state index in [-0.39, 0.29) is 11.5 Å². The number of carbonyl (C=O) groups is 1. The Labute approximate surface area is 101 Å². The molecule has 1 heterocycles. The SMILES string of the molecule is O=C1CCCC(O)=C1C1=N[C@@H]2CCCC[C@H]2N1.